The maximum atomic E-state index is 5.88. The molecule has 0 N–H and O–H groups in total. The van der Waals surface area contributed by atoms with Gasteiger partial charge in [-0.2, -0.15) is 0 Å². The Hall–Kier alpha value is -2.68. The Bertz CT molecular complexity index is 601. The normalized spacial score (nSPS) is 11.9. The SMILES string of the molecule is CCCC(=COC=C(CCC)Oc1ccccc1)Oc1ccccc1. The first-order chi connectivity index (χ1) is 12.3. The van der Waals surface area contributed by atoms with Crippen molar-refractivity contribution in [3.05, 3.63) is 84.7 Å². The van der Waals surface area contributed by atoms with Crippen LogP contribution < -0.4 is 9.47 Å². The van der Waals surface area contributed by atoms with Gasteiger partial charge in [0, 0.05) is 12.8 Å². The molecule has 0 amide bonds. The van der Waals surface area contributed by atoms with Gasteiger partial charge in [0.05, 0.1) is 0 Å². The number of para-hydroxylation sites is 2. The van der Waals surface area contributed by atoms with E-state index in [9.17, 15) is 0 Å². The first kappa shape index (κ1) is 18.7. The Morgan fingerprint density at radius 3 is 1.44 bits per heavy atom. The van der Waals surface area contributed by atoms with Crippen molar-refractivity contribution in [2.45, 2.75) is 39.5 Å². The van der Waals surface area contributed by atoms with Crippen molar-refractivity contribution in [2.75, 3.05) is 0 Å². The third kappa shape index (κ3) is 7.17. The molecule has 0 unspecified atom stereocenters. The van der Waals surface area contributed by atoms with E-state index in [1.807, 2.05) is 60.7 Å². The van der Waals surface area contributed by atoms with Gasteiger partial charge in [0.2, 0.25) is 0 Å². The monoisotopic (exact) mass is 338 g/mol. The molecular formula is C22H26O3. The molecule has 0 aromatic heterocycles. The maximum absolute atomic E-state index is 5.88. The standard InChI is InChI=1S/C22H26O3/c1-3-11-21(24-19-13-7-5-8-14-19)17-23-18-22(12-4-2)25-20-15-9-6-10-16-20/h5-10,13-18H,3-4,11-12H2,1-2H3. The highest BCUT2D eigenvalue weighted by molar-refractivity contribution is 5.24. The summed E-state index contributed by atoms with van der Waals surface area (Å²) in [6.07, 6.45) is 6.89. The van der Waals surface area contributed by atoms with Gasteiger partial charge in [-0.15, -0.1) is 0 Å². The van der Waals surface area contributed by atoms with Crippen LogP contribution in [0.25, 0.3) is 0 Å². The van der Waals surface area contributed by atoms with Gasteiger partial charge in [-0.1, -0.05) is 50.2 Å². The van der Waals surface area contributed by atoms with Crippen molar-refractivity contribution in [1.82, 2.24) is 0 Å². The fourth-order valence-corrected chi connectivity index (χ4v) is 2.23. The van der Waals surface area contributed by atoms with E-state index in [1.54, 1.807) is 12.5 Å². The summed E-state index contributed by atoms with van der Waals surface area (Å²) in [6.45, 7) is 4.22. The lowest BCUT2D eigenvalue weighted by molar-refractivity contribution is 0.306. The molecule has 2 rings (SSSR count). The highest BCUT2D eigenvalue weighted by Gasteiger charge is 2.02. The van der Waals surface area contributed by atoms with Gasteiger partial charge in [0.25, 0.3) is 0 Å². The van der Waals surface area contributed by atoms with Crippen LogP contribution in [-0.2, 0) is 4.74 Å². The maximum Gasteiger partial charge on any atom is 0.139 e. The first-order valence-electron chi connectivity index (χ1n) is 8.81. The minimum Gasteiger partial charge on any atom is -0.466 e. The molecule has 0 aliphatic rings. The Morgan fingerprint density at radius 2 is 1.08 bits per heavy atom. The van der Waals surface area contributed by atoms with E-state index in [4.69, 9.17) is 14.2 Å². The lowest BCUT2D eigenvalue weighted by atomic mass is 10.3. The Morgan fingerprint density at radius 1 is 0.680 bits per heavy atom. The highest BCUT2D eigenvalue weighted by Crippen LogP contribution is 2.18. The largest absolute Gasteiger partial charge is 0.466 e. The van der Waals surface area contributed by atoms with E-state index in [-0.39, 0.29) is 0 Å². The molecule has 0 saturated heterocycles. The van der Waals surface area contributed by atoms with Crippen LogP contribution in [0.2, 0.25) is 0 Å². The molecule has 2 aromatic rings. The zero-order chi connectivity index (χ0) is 17.7. The van der Waals surface area contributed by atoms with E-state index in [2.05, 4.69) is 13.8 Å². The molecule has 0 atom stereocenters. The Kier molecular flexibility index (Phi) is 8.19. The average Bonchev–Trinajstić information content (AvgIpc) is 2.64. The van der Waals surface area contributed by atoms with Gasteiger partial charge in [-0.25, -0.2) is 0 Å². The van der Waals surface area contributed by atoms with Gasteiger partial charge < -0.3 is 14.2 Å². The van der Waals surface area contributed by atoms with Crippen LogP contribution in [-0.4, -0.2) is 0 Å². The van der Waals surface area contributed by atoms with Gasteiger partial charge in [0.1, 0.15) is 35.5 Å². The predicted octanol–water partition coefficient (Wildman–Crippen LogP) is 6.44. The minimum atomic E-state index is 0.792. The van der Waals surface area contributed by atoms with E-state index in [1.165, 1.54) is 0 Å². The second-order valence-electron chi connectivity index (χ2n) is 5.63. The van der Waals surface area contributed by atoms with E-state index in [0.717, 1.165) is 48.7 Å². The van der Waals surface area contributed by atoms with Crippen molar-refractivity contribution in [1.29, 1.82) is 0 Å². The van der Waals surface area contributed by atoms with Crippen LogP contribution in [0.3, 0.4) is 0 Å². The van der Waals surface area contributed by atoms with Crippen molar-refractivity contribution in [3.63, 3.8) is 0 Å². The van der Waals surface area contributed by atoms with E-state index >= 15 is 0 Å². The van der Waals surface area contributed by atoms with Crippen molar-refractivity contribution in [2.24, 2.45) is 0 Å². The topological polar surface area (TPSA) is 27.7 Å². The summed E-state index contributed by atoms with van der Waals surface area (Å²) in [6, 6.07) is 19.5. The molecule has 0 radical (unpaired) electrons. The average molecular weight is 338 g/mol. The summed E-state index contributed by atoms with van der Waals surface area (Å²) in [4.78, 5) is 0. The molecular weight excluding hydrogens is 312 g/mol. The summed E-state index contributed by atoms with van der Waals surface area (Å²) in [5.74, 6) is 3.20. The first-order valence-corrected chi connectivity index (χ1v) is 8.81. The molecule has 0 bridgehead atoms. The number of ether oxygens (including phenoxy) is 3. The van der Waals surface area contributed by atoms with Gasteiger partial charge >= 0.3 is 0 Å². The van der Waals surface area contributed by atoms with Crippen LogP contribution in [0.15, 0.2) is 84.7 Å². The van der Waals surface area contributed by atoms with Gasteiger partial charge in [0.15, 0.2) is 0 Å². The smallest absolute Gasteiger partial charge is 0.139 e. The second-order valence-corrected chi connectivity index (χ2v) is 5.63. The fourth-order valence-electron chi connectivity index (χ4n) is 2.23. The predicted molar refractivity (Wildman–Crippen MR) is 101 cm³/mol. The fraction of sp³-hybridized carbons (Fsp3) is 0.273. The molecule has 132 valence electrons. The zero-order valence-corrected chi connectivity index (χ0v) is 15.0. The van der Waals surface area contributed by atoms with Crippen LogP contribution in [0.5, 0.6) is 11.5 Å². The van der Waals surface area contributed by atoms with Crippen LogP contribution >= 0.6 is 0 Å². The Labute approximate surface area is 150 Å². The summed E-state index contributed by atoms with van der Waals surface area (Å²) >= 11 is 0. The lowest BCUT2D eigenvalue weighted by Gasteiger charge is -2.10. The molecule has 0 fully saturated rings. The second kappa shape index (κ2) is 11.0. The number of rotatable bonds is 10. The molecule has 0 spiro atoms. The van der Waals surface area contributed by atoms with Crippen molar-refractivity contribution in [3.8, 4) is 11.5 Å². The third-order valence-corrected chi connectivity index (χ3v) is 3.38. The van der Waals surface area contributed by atoms with Gasteiger partial charge in [-0.3, -0.25) is 0 Å². The minimum absolute atomic E-state index is 0.792. The Balaban J connectivity index is 2.01. The molecule has 25 heavy (non-hydrogen) atoms. The molecule has 0 saturated carbocycles. The van der Waals surface area contributed by atoms with E-state index in [0.29, 0.717) is 0 Å². The molecule has 0 aliphatic heterocycles. The quantitative estimate of drug-likeness (QED) is 0.466. The third-order valence-electron chi connectivity index (χ3n) is 3.38. The number of allylic oxidation sites excluding steroid dienone is 2. The number of hydrogen-bond acceptors (Lipinski definition) is 3. The molecule has 3 heteroatoms. The van der Waals surface area contributed by atoms with Crippen molar-refractivity contribution >= 4 is 0 Å². The summed E-state index contributed by atoms with van der Waals surface area (Å²) in [5.41, 5.74) is 0. The number of hydrogen-bond donors (Lipinski definition) is 0. The zero-order valence-electron chi connectivity index (χ0n) is 15.0. The van der Waals surface area contributed by atoms with Crippen LogP contribution in [0, 0.1) is 0 Å². The molecule has 3 nitrogen and oxygen atoms in total. The molecule has 2 aromatic carbocycles. The van der Waals surface area contributed by atoms with E-state index < -0.39 is 0 Å². The summed E-state index contributed by atoms with van der Waals surface area (Å²) in [5, 5.41) is 0. The van der Waals surface area contributed by atoms with Crippen LogP contribution in [0.4, 0.5) is 0 Å². The molecule has 0 aliphatic carbocycles. The number of benzene rings is 2. The van der Waals surface area contributed by atoms with Crippen molar-refractivity contribution < 1.29 is 14.2 Å². The summed E-state index contributed by atoms with van der Waals surface area (Å²) in [7, 11) is 0. The van der Waals surface area contributed by atoms with Gasteiger partial charge in [-0.05, 0) is 37.1 Å². The highest BCUT2D eigenvalue weighted by atomic mass is 16.5. The molecule has 0 heterocycles. The lowest BCUT2D eigenvalue weighted by Crippen LogP contribution is -1.98. The summed E-state index contributed by atoms with van der Waals surface area (Å²) < 4.78 is 17.4. The van der Waals surface area contributed by atoms with Crippen LogP contribution in [0.1, 0.15) is 39.5 Å².